The van der Waals surface area contributed by atoms with Gasteiger partial charge in [-0.25, -0.2) is 0 Å². The summed E-state index contributed by atoms with van der Waals surface area (Å²) in [4.78, 5) is -0.0933. The first kappa shape index (κ1) is 32.3. The van der Waals surface area contributed by atoms with Crippen molar-refractivity contribution in [2.45, 2.75) is 99.5 Å². The van der Waals surface area contributed by atoms with E-state index in [1.807, 2.05) is 13.0 Å². The predicted molar refractivity (Wildman–Crippen MR) is 147 cm³/mol. The molecule has 3 saturated heterocycles. The van der Waals surface area contributed by atoms with Crippen LogP contribution in [-0.4, -0.2) is 109 Å². The van der Waals surface area contributed by atoms with Crippen LogP contribution in [0.25, 0.3) is 0 Å². The largest absolute Gasteiger partial charge is 0.387 e. The van der Waals surface area contributed by atoms with Crippen LogP contribution in [0.4, 0.5) is 0 Å². The molecule has 3 aliphatic rings. The number of aliphatic hydroxyl groups is 4. The summed E-state index contributed by atoms with van der Waals surface area (Å²) < 4.78 is 65.9. The molecule has 0 aliphatic carbocycles. The minimum atomic E-state index is -4.26. The van der Waals surface area contributed by atoms with Crippen LogP contribution in [-0.2, 0) is 49.3 Å². The van der Waals surface area contributed by atoms with Gasteiger partial charge in [-0.3, -0.25) is 4.18 Å². The lowest BCUT2D eigenvalue weighted by Crippen LogP contribution is -2.67. The van der Waals surface area contributed by atoms with Gasteiger partial charge in [-0.15, -0.1) is 0 Å². The van der Waals surface area contributed by atoms with Gasteiger partial charge in [-0.2, -0.15) is 8.42 Å². The third-order valence-corrected chi connectivity index (χ3v) is 8.84. The molecule has 2 aromatic carbocycles. The van der Waals surface area contributed by atoms with Crippen LogP contribution in [0.15, 0.2) is 59.5 Å². The second-order valence-electron chi connectivity index (χ2n) is 11.3. The Morgan fingerprint density at radius 2 is 1.56 bits per heavy atom. The minimum absolute atomic E-state index is 0.0182. The zero-order valence-corrected chi connectivity index (χ0v) is 24.8. The van der Waals surface area contributed by atoms with Crippen LogP contribution in [0.3, 0.4) is 0 Å². The van der Waals surface area contributed by atoms with E-state index >= 15 is 0 Å². The first-order valence-corrected chi connectivity index (χ1v) is 15.4. The number of benzene rings is 2. The summed E-state index contributed by atoms with van der Waals surface area (Å²) in [5, 5.41) is 43.7. The van der Waals surface area contributed by atoms with Gasteiger partial charge >= 0.3 is 0 Å². The lowest BCUT2D eigenvalue weighted by molar-refractivity contribution is -0.398. The van der Waals surface area contributed by atoms with Crippen molar-refractivity contribution in [1.82, 2.24) is 0 Å². The maximum atomic E-state index is 12.9. The molecule has 5 rings (SSSR count). The van der Waals surface area contributed by atoms with Gasteiger partial charge in [-0.05, 0) is 38.5 Å². The Labute approximate surface area is 249 Å². The molecule has 0 bridgehead atoms. The first-order valence-electron chi connectivity index (χ1n) is 14.0. The second kappa shape index (κ2) is 13.1. The molecular weight excluding hydrogens is 588 g/mol. The molecule has 10 unspecified atom stereocenters. The fourth-order valence-corrected chi connectivity index (χ4v) is 6.04. The summed E-state index contributed by atoms with van der Waals surface area (Å²) in [6.45, 7) is 4.52. The van der Waals surface area contributed by atoms with Crippen LogP contribution >= 0.6 is 0 Å². The summed E-state index contributed by atoms with van der Waals surface area (Å²) in [6, 6.07) is 15.1. The quantitative estimate of drug-likeness (QED) is 0.280. The average molecular weight is 627 g/mol. The van der Waals surface area contributed by atoms with E-state index in [1.54, 1.807) is 50.2 Å². The fraction of sp³-hybridized carbons (Fsp3) is 0.586. The molecule has 0 aromatic heterocycles. The second-order valence-corrected chi connectivity index (χ2v) is 12.9. The molecule has 0 spiro atoms. The fourth-order valence-electron chi connectivity index (χ4n) is 5.12. The monoisotopic (exact) mass is 626 g/mol. The van der Waals surface area contributed by atoms with Crippen molar-refractivity contribution < 1.29 is 61.4 Å². The van der Waals surface area contributed by atoms with Crippen LogP contribution in [0.5, 0.6) is 0 Å². The highest BCUT2D eigenvalue weighted by atomic mass is 32.2. The molecule has 0 amide bonds. The van der Waals surface area contributed by atoms with E-state index in [-0.39, 0.29) is 18.1 Å². The van der Waals surface area contributed by atoms with E-state index in [1.165, 1.54) is 12.1 Å². The third-order valence-electron chi connectivity index (χ3n) is 7.54. The molecule has 3 fully saturated rings. The van der Waals surface area contributed by atoms with Crippen LogP contribution in [0.1, 0.15) is 25.0 Å². The van der Waals surface area contributed by atoms with Crippen LogP contribution in [0, 0.1) is 6.92 Å². The molecule has 238 valence electrons. The molecular formula is C29H38O13S. The zero-order chi connectivity index (χ0) is 30.9. The van der Waals surface area contributed by atoms with Gasteiger partial charge in [0.1, 0.15) is 48.8 Å². The molecule has 43 heavy (non-hydrogen) atoms. The Balaban J connectivity index is 1.34. The highest BCUT2D eigenvalue weighted by molar-refractivity contribution is 7.86. The Kier molecular flexibility index (Phi) is 9.87. The SMILES string of the molecule is Cc1ccc(S(=O)(=O)OCC2OC(OCc3ccccc3)C(O)C(O)C2OC2OC3COC(C)(C)OC3C(O)C2O)cc1. The van der Waals surface area contributed by atoms with E-state index in [4.69, 9.17) is 32.6 Å². The smallest absolute Gasteiger partial charge is 0.297 e. The number of aliphatic hydroxyl groups excluding tert-OH is 4. The highest BCUT2D eigenvalue weighted by Crippen LogP contribution is 2.35. The van der Waals surface area contributed by atoms with Crippen molar-refractivity contribution in [2.75, 3.05) is 13.2 Å². The van der Waals surface area contributed by atoms with Crippen LogP contribution in [0.2, 0.25) is 0 Å². The molecule has 3 aliphatic heterocycles. The number of fused-ring (bicyclic) bond motifs is 1. The number of hydrogen-bond acceptors (Lipinski definition) is 13. The topological polar surface area (TPSA) is 180 Å². The number of rotatable bonds is 9. The van der Waals surface area contributed by atoms with Crippen molar-refractivity contribution in [1.29, 1.82) is 0 Å². The lowest BCUT2D eigenvalue weighted by atomic mass is 9.96. The summed E-state index contributed by atoms with van der Waals surface area (Å²) in [7, 11) is -4.26. The average Bonchev–Trinajstić information content (AvgIpc) is 2.98. The van der Waals surface area contributed by atoms with Gasteiger partial charge in [0.05, 0.1) is 24.7 Å². The maximum absolute atomic E-state index is 12.9. The van der Waals surface area contributed by atoms with Crippen molar-refractivity contribution in [3.8, 4) is 0 Å². The number of hydrogen-bond donors (Lipinski definition) is 4. The number of aryl methyl sites for hydroxylation is 1. The Morgan fingerprint density at radius 3 is 2.26 bits per heavy atom. The third kappa shape index (κ3) is 7.44. The van der Waals surface area contributed by atoms with Gasteiger partial charge < -0.3 is 48.8 Å². The van der Waals surface area contributed by atoms with E-state index in [2.05, 4.69) is 0 Å². The molecule has 10 atom stereocenters. The van der Waals surface area contributed by atoms with Gasteiger partial charge in [0.25, 0.3) is 10.1 Å². The molecule has 13 nitrogen and oxygen atoms in total. The molecule has 2 aromatic rings. The van der Waals surface area contributed by atoms with Gasteiger partial charge in [0.2, 0.25) is 0 Å². The highest BCUT2D eigenvalue weighted by Gasteiger charge is 2.54. The number of ether oxygens (including phenoxy) is 6. The Hall–Kier alpha value is -2.05. The zero-order valence-electron chi connectivity index (χ0n) is 24.0. The standard InChI is InChI=1S/C29H38O13S/c1-16-9-11-18(12-10-16)43(34,35)38-15-20-25(21(30)23(32)27(39-20)36-13-17-7-5-4-6-8-17)41-28-24(33)22(31)26-19(40-28)14-37-29(2,3)42-26/h4-12,19-28,30-33H,13-15H2,1-3H3. The van der Waals surface area contributed by atoms with E-state index < -0.39 is 83.9 Å². The molecule has 0 radical (unpaired) electrons. The Bertz CT molecular complexity index is 1300. The first-order chi connectivity index (χ1) is 20.3. The van der Waals surface area contributed by atoms with Gasteiger partial charge in [0, 0.05) is 0 Å². The van der Waals surface area contributed by atoms with Crippen molar-refractivity contribution in [2.24, 2.45) is 0 Å². The van der Waals surface area contributed by atoms with E-state index in [9.17, 15) is 28.8 Å². The summed E-state index contributed by atoms with van der Waals surface area (Å²) in [6.07, 6.45) is -13.9. The lowest BCUT2D eigenvalue weighted by Gasteiger charge is -2.50. The van der Waals surface area contributed by atoms with Gasteiger partial charge in [0.15, 0.2) is 18.4 Å². The van der Waals surface area contributed by atoms with Crippen LogP contribution < -0.4 is 0 Å². The molecule has 4 N–H and O–H groups in total. The van der Waals surface area contributed by atoms with Crippen molar-refractivity contribution in [3.05, 3.63) is 65.7 Å². The maximum Gasteiger partial charge on any atom is 0.297 e. The van der Waals surface area contributed by atoms with E-state index in [0.29, 0.717) is 0 Å². The Morgan fingerprint density at radius 1 is 0.884 bits per heavy atom. The molecule has 0 saturated carbocycles. The summed E-state index contributed by atoms with van der Waals surface area (Å²) in [5.41, 5.74) is 1.62. The summed E-state index contributed by atoms with van der Waals surface area (Å²) in [5.74, 6) is -1.02. The summed E-state index contributed by atoms with van der Waals surface area (Å²) >= 11 is 0. The minimum Gasteiger partial charge on any atom is -0.387 e. The predicted octanol–water partition coefficient (Wildman–Crippen LogP) is 0.347. The van der Waals surface area contributed by atoms with Crippen molar-refractivity contribution in [3.63, 3.8) is 0 Å². The molecule has 14 heteroatoms. The molecule has 3 heterocycles. The van der Waals surface area contributed by atoms with E-state index in [0.717, 1.165) is 11.1 Å². The van der Waals surface area contributed by atoms with Crippen molar-refractivity contribution >= 4 is 10.1 Å². The normalized spacial score (nSPS) is 36.2. The van der Waals surface area contributed by atoms with Gasteiger partial charge in [-0.1, -0.05) is 48.0 Å².